The zero-order chi connectivity index (χ0) is 11.5. The molecule has 2 heterocycles. The largest absolute Gasteiger partial charge is 0.339 e. The van der Waals surface area contributed by atoms with Gasteiger partial charge >= 0.3 is 0 Å². The second-order valence-electron chi connectivity index (χ2n) is 3.53. The van der Waals surface area contributed by atoms with Crippen molar-refractivity contribution in [2.24, 2.45) is 0 Å². The predicted octanol–water partition coefficient (Wildman–Crippen LogP) is 3.60. The number of aryl methyl sites for hydroxylation is 2. The van der Waals surface area contributed by atoms with Crippen LogP contribution in [0.3, 0.4) is 0 Å². The first kappa shape index (κ1) is 11.1. The van der Waals surface area contributed by atoms with Crippen LogP contribution in [0.4, 0.5) is 11.5 Å². The summed E-state index contributed by atoms with van der Waals surface area (Å²) in [5.41, 5.74) is 2.91. The van der Waals surface area contributed by atoms with E-state index in [1.54, 1.807) is 6.20 Å². The zero-order valence-corrected chi connectivity index (χ0v) is 10.7. The number of hydrogen-bond donors (Lipinski definition) is 1. The van der Waals surface area contributed by atoms with Crippen molar-refractivity contribution in [1.29, 1.82) is 0 Å². The number of pyridine rings is 2. The lowest BCUT2D eigenvalue weighted by Gasteiger charge is -2.08. The summed E-state index contributed by atoms with van der Waals surface area (Å²) in [6, 6.07) is 7.81. The lowest BCUT2D eigenvalue weighted by molar-refractivity contribution is 1.16. The minimum Gasteiger partial charge on any atom is -0.339 e. The highest BCUT2D eigenvalue weighted by Crippen LogP contribution is 2.20. The number of aromatic nitrogens is 2. The SMILES string of the molecule is Cc1nc(Nc2cccnc2C)ccc1Br. The maximum Gasteiger partial charge on any atom is 0.130 e. The molecule has 0 radical (unpaired) electrons. The molecule has 0 aromatic carbocycles. The molecular formula is C12H12BrN3. The third-order valence-electron chi connectivity index (χ3n) is 2.29. The van der Waals surface area contributed by atoms with Crippen LogP contribution in [-0.2, 0) is 0 Å². The Bertz CT molecular complexity index is 511. The van der Waals surface area contributed by atoms with Crippen LogP contribution in [0.15, 0.2) is 34.9 Å². The van der Waals surface area contributed by atoms with Gasteiger partial charge < -0.3 is 5.32 Å². The topological polar surface area (TPSA) is 37.8 Å². The average molecular weight is 278 g/mol. The summed E-state index contributed by atoms with van der Waals surface area (Å²) in [7, 11) is 0. The summed E-state index contributed by atoms with van der Waals surface area (Å²) in [5.74, 6) is 0.830. The molecule has 0 atom stereocenters. The van der Waals surface area contributed by atoms with Gasteiger partial charge in [0.05, 0.1) is 17.1 Å². The standard InChI is InChI=1S/C12H12BrN3/c1-8-10(13)5-6-12(15-8)16-11-4-3-7-14-9(11)2/h3-7H,1-2H3,(H,15,16). The zero-order valence-electron chi connectivity index (χ0n) is 9.16. The second-order valence-corrected chi connectivity index (χ2v) is 4.38. The quantitative estimate of drug-likeness (QED) is 0.912. The third kappa shape index (κ3) is 2.39. The number of nitrogens with zero attached hydrogens (tertiary/aromatic N) is 2. The molecule has 0 amide bonds. The van der Waals surface area contributed by atoms with Gasteiger partial charge in [0.15, 0.2) is 0 Å². The van der Waals surface area contributed by atoms with Crippen molar-refractivity contribution >= 4 is 27.4 Å². The highest BCUT2D eigenvalue weighted by molar-refractivity contribution is 9.10. The number of halogens is 1. The summed E-state index contributed by atoms with van der Waals surface area (Å²) in [5, 5.41) is 3.25. The first-order valence-electron chi connectivity index (χ1n) is 4.98. The van der Waals surface area contributed by atoms with Crippen molar-refractivity contribution in [2.75, 3.05) is 5.32 Å². The molecule has 82 valence electrons. The van der Waals surface area contributed by atoms with E-state index in [-0.39, 0.29) is 0 Å². The molecule has 2 aromatic rings. The maximum absolute atomic E-state index is 4.42. The van der Waals surface area contributed by atoms with Crippen LogP contribution in [0.5, 0.6) is 0 Å². The summed E-state index contributed by atoms with van der Waals surface area (Å²) in [6.45, 7) is 3.93. The van der Waals surface area contributed by atoms with Crippen molar-refractivity contribution in [2.45, 2.75) is 13.8 Å². The summed E-state index contributed by atoms with van der Waals surface area (Å²) >= 11 is 3.43. The number of rotatable bonds is 2. The predicted molar refractivity (Wildman–Crippen MR) is 68.9 cm³/mol. The normalized spacial score (nSPS) is 10.2. The molecule has 0 bridgehead atoms. The Hall–Kier alpha value is -1.42. The Morgan fingerprint density at radius 3 is 2.62 bits per heavy atom. The monoisotopic (exact) mass is 277 g/mol. The molecule has 0 spiro atoms. The van der Waals surface area contributed by atoms with E-state index in [9.17, 15) is 0 Å². The fourth-order valence-corrected chi connectivity index (χ4v) is 1.59. The number of anilines is 2. The molecule has 0 aliphatic heterocycles. The molecule has 1 N–H and O–H groups in total. The van der Waals surface area contributed by atoms with Crippen LogP contribution in [0.25, 0.3) is 0 Å². The molecule has 0 saturated carbocycles. The van der Waals surface area contributed by atoms with E-state index < -0.39 is 0 Å². The van der Waals surface area contributed by atoms with Crippen molar-refractivity contribution in [3.05, 3.63) is 46.3 Å². The van der Waals surface area contributed by atoms with E-state index >= 15 is 0 Å². The van der Waals surface area contributed by atoms with Gasteiger partial charge in [0.1, 0.15) is 5.82 Å². The molecule has 0 fully saturated rings. The number of nitrogens with one attached hydrogen (secondary N) is 1. The first-order chi connectivity index (χ1) is 7.66. The molecule has 3 nitrogen and oxygen atoms in total. The smallest absolute Gasteiger partial charge is 0.130 e. The van der Waals surface area contributed by atoms with Crippen molar-refractivity contribution in [3.8, 4) is 0 Å². The van der Waals surface area contributed by atoms with Crippen LogP contribution < -0.4 is 5.32 Å². The molecule has 0 aliphatic carbocycles. The Morgan fingerprint density at radius 2 is 1.94 bits per heavy atom. The summed E-state index contributed by atoms with van der Waals surface area (Å²) < 4.78 is 1.01. The van der Waals surface area contributed by atoms with Crippen molar-refractivity contribution < 1.29 is 0 Å². The molecule has 2 rings (SSSR count). The Balaban J connectivity index is 2.28. The van der Waals surface area contributed by atoms with Crippen LogP contribution in [-0.4, -0.2) is 9.97 Å². The van der Waals surface area contributed by atoms with E-state index in [0.717, 1.165) is 27.4 Å². The molecule has 0 aliphatic rings. The van der Waals surface area contributed by atoms with Gasteiger partial charge in [0, 0.05) is 10.7 Å². The maximum atomic E-state index is 4.42. The second kappa shape index (κ2) is 4.61. The van der Waals surface area contributed by atoms with E-state index in [4.69, 9.17) is 0 Å². The van der Waals surface area contributed by atoms with E-state index in [1.807, 2.05) is 38.1 Å². The minimum absolute atomic E-state index is 0.830. The summed E-state index contributed by atoms with van der Waals surface area (Å²) in [4.78, 5) is 8.64. The van der Waals surface area contributed by atoms with Gasteiger partial charge in [-0.2, -0.15) is 0 Å². The van der Waals surface area contributed by atoms with Crippen molar-refractivity contribution in [3.63, 3.8) is 0 Å². The van der Waals surface area contributed by atoms with Gasteiger partial charge in [-0.1, -0.05) is 0 Å². The van der Waals surface area contributed by atoms with Gasteiger partial charge in [-0.25, -0.2) is 4.98 Å². The van der Waals surface area contributed by atoms with Gasteiger partial charge in [-0.3, -0.25) is 4.98 Å². The molecule has 0 unspecified atom stereocenters. The highest BCUT2D eigenvalue weighted by atomic mass is 79.9. The van der Waals surface area contributed by atoms with E-state index in [0.29, 0.717) is 0 Å². The Morgan fingerprint density at radius 1 is 1.12 bits per heavy atom. The van der Waals surface area contributed by atoms with E-state index in [1.165, 1.54) is 0 Å². The molecule has 2 aromatic heterocycles. The number of hydrogen-bond acceptors (Lipinski definition) is 3. The Kier molecular flexibility index (Phi) is 3.19. The fraction of sp³-hybridized carbons (Fsp3) is 0.167. The Labute approximate surface area is 103 Å². The van der Waals surface area contributed by atoms with Crippen LogP contribution in [0, 0.1) is 13.8 Å². The first-order valence-corrected chi connectivity index (χ1v) is 5.78. The highest BCUT2D eigenvalue weighted by Gasteiger charge is 2.01. The third-order valence-corrected chi connectivity index (χ3v) is 3.13. The minimum atomic E-state index is 0.830. The van der Waals surface area contributed by atoms with Gasteiger partial charge in [-0.15, -0.1) is 0 Å². The van der Waals surface area contributed by atoms with Gasteiger partial charge in [0.2, 0.25) is 0 Å². The molecule has 0 saturated heterocycles. The average Bonchev–Trinajstić information content (AvgIpc) is 2.27. The molecule has 4 heteroatoms. The van der Waals surface area contributed by atoms with Gasteiger partial charge in [0.25, 0.3) is 0 Å². The van der Waals surface area contributed by atoms with E-state index in [2.05, 4.69) is 31.2 Å². The van der Waals surface area contributed by atoms with Gasteiger partial charge in [-0.05, 0) is 54.0 Å². The lowest BCUT2D eigenvalue weighted by Crippen LogP contribution is -1.98. The molecular weight excluding hydrogens is 266 g/mol. The van der Waals surface area contributed by atoms with Crippen molar-refractivity contribution in [1.82, 2.24) is 9.97 Å². The van der Waals surface area contributed by atoms with Crippen LogP contribution in [0.1, 0.15) is 11.4 Å². The fourth-order valence-electron chi connectivity index (χ4n) is 1.37. The van der Waals surface area contributed by atoms with Crippen LogP contribution >= 0.6 is 15.9 Å². The lowest BCUT2D eigenvalue weighted by atomic mass is 10.3. The van der Waals surface area contributed by atoms with Crippen LogP contribution in [0.2, 0.25) is 0 Å². The summed E-state index contributed by atoms with van der Waals surface area (Å²) in [6.07, 6.45) is 1.78. The molecule has 16 heavy (non-hydrogen) atoms.